The van der Waals surface area contributed by atoms with Crippen molar-refractivity contribution >= 4 is 0 Å². The second-order valence-electron chi connectivity index (χ2n) is 3.79. The van der Waals surface area contributed by atoms with Crippen LogP contribution < -0.4 is 5.73 Å². The van der Waals surface area contributed by atoms with Gasteiger partial charge in [-0.25, -0.2) is 0 Å². The highest BCUT2D eigenvalue weighted by Gasteiger charge is 2.25. The average Bonchev–Trinajstić information content (AvgIpc) is 2.66. The van der Waals surface area contributed by atoms with Gasteiger partial charge in [0.1, 0.15) is 11.8 Å². The van der Waals surface area contributed by atoms with E-state index in [1.54, 1.807) is 16.9 Å². The molecule has 14 heavy (non-hydrogen) atoms. The van der Waals surface area contributed by atoms with Crippen molar-refractivity contribution in [1.82, 2.24) is 9.78 Å². The van der Waals surface area contributed by atoms with Crippen LogP contribution in [0.1, 0.15) is 37.4 Å². The van der Waals surface area contributed by atoms with Gasteiger partial charge in [-0.2, -0.15) is 10.4 Å². The van der Waals surface area contributed by atoms with E-state index in [9.17, 15) is 0 Å². The van der Waals surface area contributed by atoms with E-state index in [0.717, 1.165) is 12.8 Å². The van der Waals surface area contributed by atoms with Gasteiger partial charge in [0.2, 0.25) is 0 Å². The summed E-state index contributed by atoms with van der Waals surface area (Å²) in [6.07, 6.45) is 6.12. The van der Waals surface area contributed by atoms with Crippen LogP contribution in [0, 0.1) is 11.3 Å². The molecular weight excluding hydrogens is 176 g/mol. The highest BCUT2D eigenvalue weighted by atomic mass is 15.3. The Hall–Kier alpha value is -1.34. The Kier molecular flexibility index (Phi) is 2.51. The Morgan fingerprint density at radius 3 is 3.00 bits per heavy atom. The smallest absolute Gasteiger partial charge is 0.138 e. The summed E-state index contributed by atoms with van der Waals surface area (Å²) >= 11 is 0. The molecule has 2 atom stereocenters. The maximum atomic E-state index is 8.87. The first kappa shape index (κ1) is 9.22. The molecule has 0 aliphatic heterocycles. The molecule has 1 heterocycles. The van der Waals surface area contributed by atoms with Crippen LogP contribution in [0.3, 0.4) is 0 Å². The summed E-state index contributed by atoms with van der Waals surface area (Å²) in [5.74, 6) is 0. The minimum atomic E-state index is 0.149. The van der Waals surface area contributed by atoms with Crippen LogP contribution in [0.15, 0.2) is 12.3 Å². The van der Waals surface area contributed by atoms with Gasteiger partial charge < -0.3 is 5.73 Å². The van der Waals surface area contributed by atoms with Gasteiger partial charge in [-0.1, -0.05) is 12.8 Å². The number of nitrogens with two attached hydrogens (primary N) is 1. The topological polar surface area (TPSA) is 67.6 Å². The zero-order chi connectivity index (χ0) is 9.97. The maximum absolute atomic E-state index is 8.87. The van der Waals surface area contributed by atoms with Gasteiger partial charge >= 0.3 is 0 Å². The van der Waals surface area contributed by atoms with Crippen molar-refractivity contribution in [2.45, 2.75) is 37.8 Å². The molecule has 1 aromatic heterocycles. The Labute approximate surface area is 83.3 Å². The molecule has 0 amide bonds. The molecule has 2 unspecified atom stereocenters. The van der Waals surface area contributed by atoms with Gasteiger partial charge in [-0.3, -0.25) is 4.68 Å². The van der Waals surface area contributed by atoms with Crippen LogP contribution in [0.5, 0.6) is 0 Å². The quantitative estimate of drug-likeness (QED) is 0.723. The van der Waals surface area contributed by atoms with Crippen molar-refractivity contribution < 1.29 is 0 Å². The van der Waals surface area contributed by atoms with Crippen molar-refractivity contribution in [1.29, 1.82) is 5.26 Å². The molecule has 1 aliphatic carbocycles. The van der Waals surface area contributed by atoms with E-state index in [1.165, 1.54) is 12.8 Å². The summed E-state index contributed by atoms with van der Waals surface area (Å²) in [7, 11) is 0. The number of aromatic nitrogens is 2. The molecule has 0 saturated heterocycles. The van der Waals surface area contributed by atoms with E-state index >= 15 is 0 Å². The molecular formula is C10H14N4. The second-order valence-corrected chi connectivity index (χ2v) is 3.79. The molecule has 2 N–H and O–H groups in total. The van der Waals surface area contributed by atoms with Crippen LogP contribution >= 0.6 is 0 Å². The Morgan fingerprint density at radius 2 is 2.29 bits per heavy atom. The highest BCUT2D eigenvalue weighted by Crippen LogP contribution is 2.27. The third kappa shape index (κ3) is 1.51. The largest absolute Gasteiger partial charge is 0.326 e. The van der Waals surface area contributed by atoms with Crippen molar-refractivity contribution in [2.24, 2.45) is 5.73 Å². The van der Waals surface area contributed by atoms with Crippen molar-refractivity contribution in [3.05, 3.63) is 18.0 Å². The molecule has 4 heteroatoms. The molecule has 0 radical (unpaired) electrons. The van der Waals surface area contributed by atoms with Crippen LogP contribution in [-0.4, -0.2) is 15.8 Å². The summed E-state index contributed by atoms with van der Waals surface area (Å²) in [4.78, 5) is 0. The fraction of sp³-hybridized carbons (Fsp3) is 0.600. The fourth-order valence-corrected chi connectivity index (χ4v) is 2.11. The normalized spacial score (nSPS) is 27.1. The van der Waals surface area contributed by atoms with Gasteiger partial charge in [0.05, 0.1) is 12.2 Å². The second kappa shape index (κ2) is 3.81. The van der Waals surface area contributed by atoms with Crippen LogP contribution in [0.25, 0.3) is 0 Å². The first-order chi connectivity index (χ1) is 6.83. The highest BCUT2D eigenvalue weighted by molar-refractivity contribution is 5.19. The summed E-state index contributed by atoms with van der Waals surface area (Å²) in [6, 6.07) is 4.24. The monoisotopic (exact) mass is 190 g/mol. The molecule has 0 spiro atoms. The number of hydrogen-bond donors (Lipinski definition) is 1. The SMILES string of the molecule is N#Cc1ccnn1C1CCCCC1N. The van der Waals surface area contributed by atoms with Gasteiger partial charge in [-0.05, 0) is 18.9 Å². The molecule has 0 aromatic carbocycles. The Balaban J connectivity index is 2.25. The van der Waals surface area contributed by atoms with Gasteiger partial charge in [0.15, 0.2) is 0 Å². The lowest BCUT2D eigenvalue weighted by molar-refractivity contribution is 0.285. The number of rotatable bonds is 1. The van der Waals surface area contributed by atoms with Gasteiger partial charge in [0.25, 0.3) is 0 Å². The zero-order valence-electron chi connectivity index (χ0n) is 8.06. The molecule has 1 saturated carbocycles. The number of hydrogen-bond acceptors (Lipinski definition) is 3. The maximum Gasteiger partial charge on any atom is 0.138 e. The predicted octanol–water partition coefficient (Wildman–Crippen LogP) is 1.20. The molecule has 4 nitrogen and oxygen atoms in total. The van der Waals surface area contributed by atoms with E-state index in [4.69, 9.17) is 11.0 Å². The zero-order valence-corrected chi connectivity index (χ0v) is 8.06. The van der Waals surface area contributed by atoms with E-state index in [0.29, 0.717) is 5.69 Å². The number of nitrogens with zero attached hydrogens (tertiary/aromatic N) is 3. The predicted molar refractivity (Wildman–Crippen MR) is 52.4 cm³/mol. The summed E-state index contributed by atoms with van der Waals surface area (Å²) in [5.41, 5.74) is 6.64. The Bertz CT molecular complexity index is 349. The third-order valence-corrected chi connectivity index (χ3v) is 2.88. The molecule has 1 aliphatic rings. The van der Waals surface area contributed by atoms with Crippen LogP contribution in [0.2, 0.25) is 0 Å². The standard InChI is InChI=1S/C10H14N4/c11-7-8-5-6-13-14(8)10-4-2-1-3-9(10)12/h5-6,9-10H,1-4,12H2. The van der Waals surface area contributed by atoms with E-state index in [1.807, 2.05) is 0 Å². The summed E-state index contributed by atoms with van der Waals surface area (Å²) in [5, 5.41) is 13.0. The average molecular weight is 190 g/mol. The van der Waals surface area contributed by atoms with E-state index in [-0.39, 0.29) is 12.1 Å². The van der Waals surface area contributed by atoms with Crippen LogP contribution in [0.4, 0.5) is 0 Å². The molecule has 1 fully saturated rings. The molecule has 2 rings (SSSR count). The third-order valence-electron chi connectivity index (χ3n) is 2.88. The van der Waals surface area contributed by atoms with E-state index in [2.05, 4.69) is 11.2 Å². The molecule has 1 aromatic rings. The summed E-state index contributed by atoms with van der Waals surface area (Å²) in [6.45, 7) is 0. The molecule has 74 valence electrons. The van der Waals surface area contributed by atoms with E-state index < -0.39 is 0 Å². The van der Waals surface area contributed by atoms with Crippen LogP contribution in [-0.2, 0) is 0 Å². The lowest BCUT2D eigenvalue weighted by atomic mass is 9.91. The summed E-state index contributed by atoms with van der Waals surface area (Å²) < 4.78 is 1.78. The van der Waals surface area contributed by atoms with Crippen molar-refractivity contribution in [3.63, 3.8) is 0 Å². The lowest BCUT2D eigenvalue weighted by Gasteiger charge is -2.29. The fourth-order valence-electron chi connectivity index (χ4n) is 2.11. The van der Waals surface area contributed by atoms with Crippen molar-refractivity contribution in [2.75, 3.05) is 0 Å². The number of nitriles is 1. The first-order valence-electron chi connectivity index (χ1n) is 5.02. The lowest BCUT2D eigenvalue weighted by Crippen LogP contribution is -2.35. The minimum absolute atomic E-state index is 0.149. The van der Waals surface area contributed by atoms with Gasteiger partial charge in [-0.15, -0.1) is 0 Å². The van der Waals surface area contributed by atoms with Crippen molar-refractivity contribution in [3.8, 4) is 6.07 Å². The molecule has 0 bridgehead atoms. The Morgan fingerprint density at radius 1 is 1.50 bits per heavy atom. The first-order valence-corrected chi connectivity index (χ1v) is 5.02. The van der Waals surface area contributed by atoms with Gasteiger partial charge in [0, 0.05) is 6.04 Å². The minimum Gasteiger partial charge on any atom is -0.326 e.